The Labute approximate surface area is 210 Å². The van der Waals surface area contributed by atoms with Crippen LogP contribution < -0.4 is 0 Å². The zero-order valence-corrected chi connectivity index (χ0v) is 26.5. The van der Waals surface area contributed by atoms with E-state index in [-0.39, 0.29) is 35.6 Å². The Hall–Kier alpha value is -0.400. The number of hydrogen-bond donors (Lipinski definition) is 0. The van der Waals surface area contributed by atoms with Gasteiger partial charge in [0.15, 0.2) is 0 Å². The van der Waals surface area contributed by atoms with Crippen LogP contribution in [-0.4, -0.2) is 6.88 Å². The number of halogens is 2. The van der Waals surface area contributed by atoms with Crippen LogP contribution in [0.2, 0.25) is 9.26 Å². The Morgan fingerprint density at radius 1 is 0.625 bits per heavy atom. The minimum atomic E-state index is -3.33. The van der Waals surface area contributed by atoms with E-state index in [1.54, 1.807) is 22.3 Å². The van der Waals surface area contributed by atoms with Crippen LogP contribution in [0.4, 0.5) is 0 Å². The van der Waals surface area contributed by atoms with Crippen LogP contribution >= 0.6 is 24.8 Å². The number of hydrogen-bond acceptors (Lipinski definition) is 0. The van der Waals surface area contributed by atoms with Gasteiger partial charge in [0.05, 0.1) is 0 Å². The van der Waals surface area contributed by atoms with Gasteiger partial charge in [0.1, 0.15) is 0 Å². The van der Waals surface area contributed by atoms with Crippen molar-refractivity contribution in [2.45, 2.75) is 58.1 Å². The molecule has 2 aromatic carbocycles. The van der Waals surface area contributed by atoms with Gasteiger partial charge in [0.2, 0.25) is 0 Å². The summed E-state index contributed by atoms with van der Waals surface area (Å²) in [7, 11) is 0. The second-order valence-corrected chi connectivity index (χ2v) is 43.4. The average Bonchev–Trinajstić information content (AvgIpc) is 3.21. The molecule has 0 aliphatic heterocycles. The molecule has 174 valence electrons. The third kappa shape index (κ3) is 4.47. The molecule has 0 aromatic heterocycles. The van der Waals surface area contributed by atoms with Gasteiger partial charge in [-0.2, -0.15) is 0 Å². The van der Waals surface area contributed by atoms with Crippen LogP contribution in [-0.2, 0) is 17.4 Å². The number of benzene rings is 2. The zero-order valence-electron chi connectivity index (χ0n) is 21.0. The SMILES string of the molecule is CC(C)(C)C1=C[CH]([Zr]([CH3])([CH3])(=[SiH2])[CH]2C=C(C(C)(C)C)c3ccccc32)c2ccccc21.Cl.Cl. The Bertz CT molecular complexity index is 1070. The second-order valence-electron chi connectivity index (χ2n) is 12.7. The van der Waals surface area contributed by atoms with Crippen molar-refractivity contribution in [3.8, 4) is 0 Å². The Balaban J connectivity index is 0.00000181. The average molecular weight is 567 g/mol. The molecular weight excluding hydrogens is 527 g/mol. The molecule has 2 aromatic rings. The minimum Gasteiger partial charge on any atom is -0.147 e. The van der Waals surface area contributed by atoms with E-state index in [1.807, 2.05) is 0 Å². The van der Waals surface area contributed by atoms with Gasteiger partial charge in [0, 0.05) is 0 Å². The Kier molecular flexibility index (Phi) is 7.55. The summed E-state index contributed by atoms with van der Waals surface area (Å²) in [6, 6.07) is 18.5. The molecule has 2 aliphatic rings. The van der Waals surface area contributed by atoms with Crippen LogP contribution in [0.25, 0.3) is 11.1 Å². The molecule has 0 spiro atoms. The molecule has 0 amide bonds. The first-order valence-corrected chi connectivity index (χ1v) is 25.1. The molecule has 0 saturated heterocycles. The monoisotopic (exact) mass is 564 g/mol. The molecule has 2 aliphatic carbocycles. The zero-order chi connectivity index (χ0) is 22.1. The van der Waals surface area contributed by atoms with Gasteiger partial charge < -0.3 is 0 Å². The molecule has 2 unspecified atom stereocenters. The topological polar surface area (TPSA) is 0 Å². The number of allylic oxidation sites excluding steroid dienone is 4. The molecule has 0 fully saturated rings. The van der Waals surface area contributed by atoms with Crippen LogP contribution in [0.1, 0.15) is 71.0 Å². The Morgan fingerprint density at radius 2 is 0.938 bits per heavy atom. The van der Waals surface area contributed by atoms with Gasteiger partial charge >= 0.3 is 187 Å². The van der Waals surface area contributed by atoms with Gasteiger partial charge in [-0.05, 0) is 0 Å². The summed E-state index contributed by atoms with van der Waals surface area (Å²) in [5.74, 6) is 0. The van der Waals surface area contributed by atoms with Crippen LogP contribution in [0.3, 0.4) is 0 Å². The molecule has 4 heteroatoms. The summed E-state index contributed by atoms with van der Waals surface area (Å²) in [6.07, 6.45) is 5.38. The van der Waals surface area contributed by atoms with Crippen molar-refractivity contribution < 1.29 is 17.4 Å². The van der Waals surface area contributed by atoms with Crippen molar-refractivity contribution in [1.29, 1.82) is 0 Å². The summed E-state index contributed by atoms with van der Waals surface area (Å²) in [5, 5.41) is 0. The minimum absolute atomic E-state index is 0. The largest absolute Gasteiger partial charge is 0.147 e. The first kappa shape index (κ1) is 27.8. The number of fused-ring (bicyclic) bond motifs is 2. The van der Waals surface area contributed by atoms with Crippen molar-refractivity contribution >= 4 is 42.8 Å². The maximum absolute atomic E-state index is 3.33. The van der Waals surface area contributed by atoms with Gasteiger partial charge in [0.25, 0.3) is 0 Å². The first-order chi connectivity index (χ1) is 13.7. The maximum atomic E-state index is 2.72. The van der Waals surface area contributed by atoms with E-state index in [1.165, 1.54) is 11.1 Å². The van der Waals surface area contributed by atoms with E-state index in [0.29, 0.717) is 7.25 Å². The van der Waals surface area contributed by atoms with Gasteiger partial charge in [-0.25, -0.2) is 0 Å². The fourth-order valence-electron chi connectivity index (χ4n) is 5.79. The molecule has 32 heavy (non-hydrogen) atoms. The predicted molar refractivity (Wildman–Crippen MR) is 148 cm³/mol. The van der Waals surface area contributed by atoms with E-state index < -0.39 is 17.4 Å². The molecule has 4 rings (SSSR count). The van der Waals surface area contributed by atoms with Crippen molar-refractivity contribution in [2.24, 2.45) is 10.8 Å². The maximum Gasteiger partial charge on any atom is -0.147 e. The molecular formula is C28H40Cl2SiZr. The normalized spacial score (nSPS) is 20.4. The van der Waals surface area contributed by atoms with Crippen LogP contribution in [0, 0.1) is 10.8 Å². The molecule has 0 nitrogen and oxygen atoms in total. The molecule has 0 N–H and O–H groups in total. The van der Waals surface area contributed by atoms with Crippen molar-refractivity contribution in [2.75, 3.05) is 0 Å². The van der Waals surface area contributed by atoms with Crippen LogP contribution in [0.5, 0.6) is 0 Å². The van der Waals surface area contributed by atoms with Crippen molar-refractivity contribution in [3.63, 3.8) is 0 Å². The molecule has 0 saturated carbocycles. The predicted octanol–water partition coefficient (Wildman–Crippen LogP) is 8.53. The van der Waals surface area contributed by atoms with Crippen LogP contribution in [0.15, 0.2) is 60.7 Å². The third-order valence-corrected chi connectivity index (χ3v) is 25.1. The molecule has 0 heterocycles. The van der Waals surface area contributed by atoms with Gasteiger partial charge in [-0.15, -0.1) is 24.8 Å². The molecule has 0 radical (unpaired) electrons. The van der Waals surface area contributed by atoms with E-state index in [2.05, 4.69) is 118 Å². The fourth-order valence-corrected chi connectivity index (χ4v) is 20.5. The van der Waals surface area contributed by atoms with E-state index in [0.717, 1.165) is 0 Å². The van der Waals surface area contributed by atoms with E-state index >= 15 is 0 Å². The summed E-state index contributed by atoms with van der Waals surface area (Å²) in [6.45, 7) is 16.6. The standard InChI is InChI=1S/2C13H15.2CH3.2ClH.H2Si.Zr/c2*1-13(2,3)12-9-8-10-6-4-5-7-11(10)12;;;;;;/h2*4-9H,1-3H3;2*1H3;2*1H;1H2;. The summed E-state index contributed by atoms with van der Waals surface area (Å²) in [5.41, 5.74) is 9.61. The summed E-state index contributed by atoms with van der Waals surface area (Å²) in [4.78, 5) is 0. The van der Waals surface area contributed by atoms with E-state index in [9.17, 15) is 0 Å². The van der Waals surface area contributed by atoms with Gasteiger partial charge in [-0.3, -0.25) is 0 Å². The van der Waals surface area contributed by atoms with Gasteiger partial charge in [-0.1, -0.05) is 0 Å². The fraction of sp³-hybridized carbons (Fsp3) is 0.429. The van der Waals surface area contributed by atoms with Crippen molar-refractivity contribution in [3.05, 3.63) is 82.9 Å². The second kappa shape index (κ2) is 8.67. The Morgan fingerprint density at radius 3 is 1.25 bits per heavy atom. The first-order valence-electron chi connectivity index (χ1n) is 11.4. The molecule has 2 atom stereocenters. The van der Waals surface area contributed by atoms with Crippen molar-refractivity contribution in [1.82, 2.24) is 0 Å². The molecule has 0 bridgehead atoms. The summed E-state index contributed by atoms with van der Waals surface area (Å²) >= 11 is -3.33. The third-order valence-electron chi connectivity index (χ3n) is 7.50. The smallest absolute Gasteiger partial charge is 0.147 e. The van der Waals surface area contributed by atoms with E-state index in [4.69, 9.17) is 0 Å². The number of rotatable bonds is 2. The summed E-state index contributed by atoms with van der Waals surface area (Å²) < 4.78 is 6.60. The quantitative estimate of drug-likeness (QED) is 0.320.